The molecule has 0 radical (unpaired) electrons. The molecule has 1 nitrogen and oxygen atoms in total. The first-order valence-electron chi connectivity index (χ1n) is 6.15. The first-order valence-corrected chi connectivity index (χ1v) is 6.15. The van der Waals surface area contributed by atoms with Gasteiger partial charge in [-0.15, -0.1) is 0 Å². The van der Waals surface area contributed by atoms with E-state index in [1.807, 2.05) is 32.0 Å². The average Bonchev–Trinajstić information content (AvgIpc) is 2.27. The third-order valence-electron chi connectivity index (χ3n) is 3.32. The zero-order chi connectivity index (χ0) is 13.8. The van der Waals surface area contributed by atoms with Crippen LogP contribution in [-0.4, -0.2) is 13.2 Å². The topological polar surface area (TPSA) is 12.0 Å². The maximum absolute atomic E-state index is 12.1. The van der Waals surface area contributed by atoms with E-state index in [2.05, 4.69) is 5.32 Å². The molecule has 1 aromatic carbocycles. The molecular formula is C14H20F3N. The minimum absolute atomic E-state index is 0.00718. The van der Waals surface area contributed by atoms with E-state index in [0.717, 1.165) is 11.1 Å². The summed E-state index contributed by atoms with van der Waals surface area (Å²) in [5, 5.41) is 3.11. The van der Waals surface area contributed by atoms with E-state index in [1.165, 1.54) is 5.56 Å². The molecule has 0 amide bonds. The molecule has 1 aromatic rings. The molecule has 0 saturated carbocycles. The number of nitrogens with one attached hydrogen (secondary N) is 1. The highest BCUT2D eigenvalue weighted by Gasteiger charge is 2.26. The van der Waals surface area contributed by atoms with Gasteiger partial charge in [0.05, 0.1) is 0 Å². The summed E-state index contributed by atoms with van der Waals surface area (Å²) in [6.07, 6.45) is -4.11. The summed E-state index contributed by atoms with van der Waals surface area (Å²) >= 11 is 0. The average molecular weight is 259 g/mol. The summed E-state index contributed by atoms with van der Waals surface area (Å²) in [4.78, 5) is 0. The van der Waals surface area contributed by atoms with Gasteiger partial charge in [0.25, 0.3) is 0 Å². The van der Waals surface area contributed by atoms with Crippen molar-refractivity contribution in [2.45, 2.75) is 45.3 Å². The van der Waals surface area contributed by atoms with Crippen molar-refractivity contribution >= 4 is 0 Å². The smallest absolute Gasteiger partial charge is 0.313 e. The predicted molar refractivity (Wildman–Crippen MR) is 67.6 cm³/mol. The van der Waals surface area contributed by atoms with Gasteiger partial charge in [-0.2, -0.15) is 13.2 Å². The Kier molecular flexibility index (Phi) is 5.20. The van der Waals surface area contributed by atoms with E-state index in [1.54, 1.807) is 7.05 Å². The lowest BCUT2D eigenvalue weighted by atomic mass is 9.94. The van der Waals surface area contributed by atoms with Crippen molar-refractivity contribution < 1.29 is 13.2 Å². The van der Waals surface area contributed by atoms with Gasteiger partial charge in [0.15, 0.2) is 0 Å². The van der Waals surface area contributed by atoms with Gasteiger partial charge >= 0.3 is 6.18 Å². The highest BCUT2D eigenvalue weighted by molar-refractivity contribution is 5.35. The molecule has 0 aliphatic rings. The second-order valence-electron chi connectivity index (χ2n) is 4.64. The Morgan fingerprint density at radius 3 is 2.44 bits per heavy atom. The lowest BCUT2D eigenvalue weighted by molar-refractivity contribution is -0.135. The van der Waals surface area contributed by atoms with Crippen LogP contribution >= 0.6 is 0 Å². The van der Waals surface area contributed by atoms with Gasteiger partial charge in [0, 0.05) is 12.5 Å². The van der Waals surface area contributed by atoms with Crippen molar-refractivity contribution in [3.63, 3.8) is 0 Å². The number of alkyl halides is 3. The van der Waals surface area contributed by atoms with Crippen molar-refractivity contribution in [2.75, 3.05) is 7.05 Å². The number of rotatable bonds is 5. The molecule has 4 heteroatoms. The molecule has 0 heterocycles. The number of benzene rings is 1. The fraction of sp³-hybridized carbons (Fsp3) is 0.571. The van der Waals surface area contributed by atoms with E-state index in [4.69, 9.17) is 0 Å². The van der Waals surface area contributed by atoms with E-state index < -0.39 is 12.6 Å². The number of hydrogen-bond acceptors (Lipinski definition) is 1. The summed E-state index contributed by atoms with van der Waals surface area (Å²) in [7, 11) is 1.79. The maximum atomic E-state index is 12.1. The van der Waals surface area contributed by atoms with Crippen molar-refractivity contribution in [3.05, 3.63) is 34.9 Å². The zero-order valence-electron chi connectivity index (χ0n) is 11.1. The Morgan fingerprint density at radius 1 is 1.22 bits per heavy atom. The molecule has 0 aliphatic heterocycles. The van der Waals surface area contributed by atoms with Crippen molar-refractivity contribution in [2.24, 2.45) is 0 Å². The summed E-state index contributed by atoms with van der Waals surface area (Å²) in [6.45, 7) is 4.03. The largest absolute Gasteiger partial charge is 0.389 e. The molecule has 1 atom stereocenters. The van der Waals surface area contributed by atoms with Crippen LogP contribution in [0.3, 0.4) is 0 Å². The Morgan fingerprint density at radius 2 is 1.89 bits per heavy atom. The molecular weight excluding hydrogens is 239 g/mol. The summed E-state index contributed by atoms with van der Waals surface area (Å²) in [5.41, 5.74) is 3.42. The fourth-order valence-corrected chi connectivity index (χ4v) is 2.11. The first kappa shape index (κ1) is 15.0. The van der Waals surface area contributed by atoms with E-state index >= 15 is 0 Å². The van der Waals surface area contributed by atoms with Crippen LogP contribution in [0.15, 0.2) is 18.2 Å². The molecule has 1 rings (SSSR count). The Labute approximate surface area is 106 Å². The number of hydrogen-bond donors (Lipinski definition) is 1. The third kappa shape index (κ3) is 4.33. The molecule has 0 spiro atoms. The molecule has 0 saturated heterocycles. The summed E-state index contributed by atoms with van der Waals surface area (Å²) in [5.74, 6) is 0. The maximum Gasteiger partial charge on any atom is 0.389 e. The summed E-state index contributed by atoms with van der Waals surface area (Å²) in [6, 6.07) is 5.94. The van der Waals surface area contributed by atoms with Crippen LogP contribution in [-0.2, 0) is 0 Å². The van der Waals surface area contributed by atoms with Crippen molar-refractivity contribution in [3.8, 4) is 0 Å². The Bertz CT molecular complexity index is 385. The second-order valence-corrected chi connectivity index (χ2v) is 4.64. The van der Waals surface area contributed by atoms with Gasteiger partial charge in [0.1, 0.15) is 0 Å². The first-order chi connectivity index (χ1) is 8.35. The van der Waals surface area contributed by atoms with Gasteiger partial charge in [-0.3, -0.25) is 0 Å². The number of halogens is 3. The Hall–Kier alpha value is -1.03. The third-order valence-corrected chi connectivity index (χ3v) is 3.32. The van der Waals surface area contributed by atoms with Crippen LogP contribution in [0, 0.1) is 13.8 Å². The van der Waals surface area contributed by atoms with E-state index in [9.17, 15) is 13.2 Å². The molecule has 0 aromatic heterocycles. The van der Waals surface area contributed by atoms with Crippen LogP contribution in [0.1, 0.15) is 42.0 Å². The SMILES string of the molecule is CNC(CCCC(F)(F)F)c1cccc(C)c1C. The lowest BCUT2D eigenvalue weighted by Crippen LogP contribution is -2.18. The highest BCUT2D eigenvalue weighted by atomic mass is 19.4. The minimum Gasteiger partial charge on any atom is -0.313 e. The molecule has 18 heavy (non-hydrogen) atoms. The van der Waals surface area contributed by atoms with Gasteiger partial charge in [0.2, 0.25) is 0 Å². The van der Waals surface area contributed by atoms with Crippen LogP contribution in [0.5, 0.6) is 0 Å². The monoisotopic (exact) mass is 259 g/mol. The van der Waals surface area contributed by atoms with Crippen LogP contribution < -0.4 is 5.32 Å². The van der Waals surface area contributed by atoms with Gasteiger partial charge < -0.3 is 5.32 Å². The van der Waals surface area contributed by atoms with Crippen molar-refractivity contribution in [1.29, 1.82) is 0 Å². The summed E-state index contributed by atoms with van der Waals surface area (Å²) < 4.78 is 36.4. The standard InChI is InChI=1S/C14H20F3N/c1-10-6-4-7-12(11(10)2)13(18-3)8-5-9-14(15,16)17/h4,6-7,13,18H,5,8-9H2,1-3H3. The molecule has 102 valence electrons. The van der Waals surface area contributed by atoms with Gasteiger partial charge in [-0.05, 0) is 50.4 Å². The Balaban J connectivity index is 2.69. The predicted octanol–water partition coefficient (Wildman–Crippen LogP) is 4.30. The van der Waals surface area contributed by atoms with Crippen molar-refractivity contribution in [1.82, 2.24) is 5.32 Å². The van der Waals surface area contributed by atoms with E-state index in [-0.39, 0.29) is 12.5 Å². The quantitative estimate of drug-likeness (QED) is 0.831. The molecule has 0 fully saturated rings. The fourth-order valence-electron chi connectivity index (χ4n) is 2.11. The highest BCUT2D eigenvalue weighted by Crippen LogP contribution is 2.28. The molecule has 1 unspecified atom stereocenters. The molecule has 1 N–H and O–H groups in total. The normalized spacial score (nSPS) is 13.7. The second kappa shape index (κ2) is 6.23. The number of aryl methyl sites for hydroxylation is 1. The van der Waals surface area contributed by atoms with Gasteiger partial charge in [-0.25, -0.2) is 0 Å². The molecule has 0 bridgehead atoms. The van der Waals surface area contributed by atoms with E-state index in [0.29, 0.717) is 6.42 Å². The van der Waals surface area contributed by atoms with Crippen LogP contribution in [0.2, 0.25) is 0 Å². The zero-order valence-corrected chi connectivity index (χ0v) is 11.1. The molecule has 0 aliphatic carbocycles. The van der Waals surface area contributed by atoms with Crippen LogP contribution in [0.25, 0.3) is 0 Å². The lowest BCUT2D eigenvalue weighted by Gasteiger charge is -2.20. The minimum atomic E-state index is -4.06. The van der Waals surface area contributed by atoms with Gasteiger partial charge in [-0.1, -0.05) is 18.2 Å². The van der Waals surface area contributed by atoms with Crippen LogP contribution in [0.4, 0.5) is 13.2 Å².